The molecule has 17 heavy (non-hydrogen) atoms. The van der Waals surface area contributed by atoms with Gasteiger partial charge in [0.05, 0.1) is 11.6 Å². The van der Waals surface area contributed by atoms with Gasteiger partial charge in [-0.25, -0.2) is 4.98 Å². The van der Waals surface area contributed by atoms with Crippen molar-refractivity contribution in [1.82, 2.24) is 10.3 Å². The largest absolute Gasteiger partial charge is 0.369 e. The van der Waals surface area contributed by atoms with E-state index in [2.05, 4.69) is 28.6 Å². The zero-order chi connectivity index (χ0) is 12.1. The van der Waals surface area contributed by atoms with Gasteiger partial charge in [-0.15, -0.1) is 0 Å². The molecule has 0 amide bonds. The Bertz CT molecular complexity index is 416. The van der Waals surface area contributed by atoms with Crippen LogP contribution in [0.15, 0.2) is 18.3 Å². The predicted octanol–water partition coefficient (Wildman–Crippen LogP) is 1.75. The molecule has 1 aromatic rings. The molecule has 0 aromatic carbocycles. The molecule has 2 rings (SSSR count). The van der Waals surface area contributed by atoms with Gasteiger partial charge in [-0.05, 0) is 36.9 Å². The second kappa shape index (κ2) is 5.15. The lowest BCUT2D eigenvalue weighted by Crippen LogP contribution is -2.42. The average Bonchev–Trinajstić information content (AvgIpc) is 2.38. The molecular formula is C13H18N4. The summed E-state index contributed by atoms with van der Waals surface area (Å²) >= 11 is 0. The normalized spacial score (nSPS) is 24.0. The fourth-order valence-electron chi connectivity index (χ4n) is 2.17. The molecule has 4 nitrogen and oxygen atoms in total. The Balaban J connectivity index is 1.95. The van der Waals surface area contributed by atoms with Gasteiger partial charge in [-0.3, -0.25) is 0 Å². The molecule has 0 spiro atoms. The molecule has 2 heterocycles. The molecule has 1 unspecified atom stereocenters. The first-order chi connectivity index (χ1) is 8.22. The topological polar surface area (TPSA) is 60.7 Å². The van der Waals surface area contributed by atoms with E-state index in [1.165, 1.54) is 12.8 Å². The van der Waals surface area contributed by atoms with E-state index in [0.29, 0.717) is 5.56 Å². The number of rotatable bonds is 3. The van der Waals surface area contributed by atoms with Crippen molar-refractivity contribution in [3.63, 3.8) is 0 Å². The lowest BCUT2D eigenvalue weighted by molar-refractivity contribution is 0.253. The van der Waals surface area contributed by atoms with Gasteiger partial charge in [0.1, 0.15) is 5.82 Å². The van der Waals surface area contributed by atoms with Crippen molar-refractivity contribution in [2.75, 3.05) is 25.0 Å². The molecule has 1 atom stereocenters. The maximum atomic E-state index is 8.81. The monoisotopic (exact) mass is 230 g/mol. The average molecular weight is 230 g/mol. The van der Waals surface area contributed by atoms with E-state index >= 15 is 0 Å². The van der Waals surface area contributed by atoms with Crippen LogP contribution in [0.4, 0.5) is 5.82 Å². The highest BCUT2D eigenvalue weighted by atomic mass is 15.0. The number of pyridine rings is 1. The summed E-state index contributed by atoms with van der Waals surface area (Å²) in [5.41, 5.74) is 0.928. The summed E-state index contributed by atoms with van der Waals surface area (Å²) < 4.78 is 0. The van der Waals surface area contributed by atoms with Crippen molar-refractivity contribution in [3.8, 4) is 6.07 Å². The lowest BCUT2D eigenvalue weighted by atomic mass is 9.83. The number of piperidine rings is 1. The summed E-state index contributed by atoms with van der Waals surface area (Å²) in [7, 11) is 0. The summed E-state index contributed by atoms with van der Waals surface area (Å²) in [5.74, 6) is 0.788. The number of nitrogens with one attached hydrogen (secondary N) is 2. The number of nitrogens with zero attached hydrogens (tertiary/aromatic N) is 2. The molecule has 1 aliphatic heterocycles. The molecule has 1 aromatic heterocycles. The van der Waals surface area contributed by atoms with Crippen molar-refractivity contribution in [3.05, 3.63) is 23.9 Å². The summed E-state index contributed by atoms with van der Waals surface area (Å²) in [6.45, 7) is 5.33. The smallest absolute Gasteiger partial charge is 0.127 e. The minimum atomic E-state index is 0.280. The summed E-state index contributed by atoms with van der Waals surface area (Å²) in [6.07, 6.45) is 4.12. The highest BCUT2D eigenvalue weighted by Gasteiger charge is 2.26. The number of hydrogen-bond donors (Lipinski definition) is 2. The van der Waals surface area contributed by atoms with Crippen LogP contribution in [0, 0.1) is 16.7 Å². The van der Waals surface area contributed by atoms with Gasteiger partial charge in [0.2, 0.25) is 0 Å². The van der Waals surface area contributed by atoms with E-state index in [9.17, 15) is 0 Å². The summed E-state index contributed by atoms with van der Waals surface area (Å²) in [4.78, 5) is 4.22. The van der Waals surface area contributed by atoms with Gasteiger partial charge >= 0.3 is 0 Å². The molecule has 0 bridgehead atoms. The third-order valence-electron chi connectivity index (χ3n) is 3.27. The number of hydrogen-bond acceptors (Lipinski definition) is 4. The summed E-state index contributed by atoms with van der Waals surface area (Å²) in [5, 5.41) is 15.6. The third kappa shape index (κ3) is 3.18. The Morgan fingerprint density at radius 2 is 2.53 bits per heavy atom. The van der Waals surface area contributed by atoms with E-state index in [1.54, 1.807) is 18.3 Å². The fraction of sp³-hybridized carbons (Fsp3) is 0.538. The molecule has 1 fully saturated rings. The third-order valence-corrected chi connectivity index (χ3v) is 3.27. The molecule has 90 valence electrons. The second-order valence-corrected chi connectivity index (χ2v) is 4.99. The molecule has 1 saturated heterocycles. The van der Waals surface area contributed by atoms with Crippen molar-refractivity contribution in [1.29, 1.82) is 5.26 Å². The first-order valence-electron chi connectivity index (χ1n) is 6.03. The van der Waals surface area contributed by atoms with Crippen LogP contribution in [0.5, 0.6) is 0 Å². The zero-order valence-corrected chi connectivity index (χ0v) is 10.2. The molecule has 4 heteroatoms. The second-order valence-electron chi connectivity index (χ2n) is 4.99. The fourth-order valence-corrected chi connectivity index (χ4v) is 2.17. The van der Waals surface area contributed by atoms with Gasteiger partial charge in [-0.1, -0.05) is 6.92 Å². The standard InChI is InChI=1S/C13H18N4/c1-13(4-2-5-15-9-13)10-17-12-7-11(8-14)3-6-16-12/h3,6-7,15H,2,4-5,9-10H2,1H3,(H,16,17). The van der Waals surface area contributed by atoms with Crippen molar-refractivity contribution in [2.45, 2.75) is 19.8 Å². The van der Waals surface area contributed by atoms with Crippen molar-refractivity contribution < 1.29 is 0 Å². The van der Waals surface area contributed by atoms with Gasteiger partial charge in [0, 0.05) is 19.3 Å². The van der Waals surface area contributed by atoms with E-state index in [1.807, 2.05) is 0 Å². The van der Waals surface area contributed by atoms with E-state index in [0.717, 1.165) is 25.5 Å². The lowest BCUT2D eigenvalue weighted by Gasteiger charge is -2.34. The first-order valence-corrected chi connectivity index (χ1v) is 6.03. The van der Waals surface area contributed by atoms with Crippen LogP contribution in [0.2, 0.25) is 0 Å². The number of aromatic nitrogens is 1. The van der Waals surface area contributed by atoms with Gasteiger partial charge in [-0.2, -0.15) is 5.26 Å². The van der Waals surface area contributed by atoms with Crippen LogP contribution < -0.4 is 10.6 Å². The number of nitriles is 1. The Morgan fingerprint density at radius 1 is 1.65 bits per heavy atom. The molecule has 0 aliphatic carbocycles. The Labute approximate surface area is 102 Å². The van der Waals surface area contributed by atoms with Crippen LogP contribution in [-0.4, -0.2) is 24.6 Å². The SMILES string of the molecule is CC1(CNc2cc(C#N)ccn2)CCCNC1. The van der Waals surface area contributed by atoms with Crippen molar-refractivity contribution >= 4 is 5.82 Å². The van der Waals surface area contributed by atoms with Crippen molar-refractivity contribution in [2.24, 2.45) is 5.41 Å². The predicted molar refractivity (Wildman–Crippen MR) is 67.7 cm³/mol. The zero-order valence-electron chi connectivity index (χ0n) is 10.2. The van der Waals surface area contributed by atoms with E-state index in [4.69, 9.17) is 5.26 Å². The van der Waals surface area contributed by atoms with Crippen LogP contribution in [0.3, 0.4) is 0 Å². The van der Waals surface area contributed by atoms with E-state index in [-0.39, 0.29) is 5.41 Å². The quantitative estimate of drug-likeness (QED) is 0.830. The van der Waals surface area contributed by atoms with Crippen LogP contribution in [0.1, 0.15) is 25.3 Å². The van der Waals surface area contributed by atoms with Gasteiger partial charge < -0.3 is 10.6 Å². The van der Waals surface area contributed by atoms with Crippen LogP contribution >= 0.6 is 0 Å². The first kappa shape index (κ1) is 11.9. The van der Waals surface area contributed by atoms with Gasteiger partial charge in [0.15, 0.2) is 0 Å². The Kier molecular flexibility index (Phi) is 3.60. The Hall–Kier alpha value is -1.60. The highest BCUT2D eigenvalue weighted by molar-refractivity contribution is 5.42. The summed E-state index contributed by atoms with van der Waals surface area (Å²) in [6, 6.07) is 5.63. The minimum Gasteiger partial charge on any atom is -0.369 e. The molecule has 0 saturated carbocycles. The van der Waals surface area contributed by atoms with E-state index < -0.39 is 0 Å². The molecule has 0 radical (unpaired) electrons. The van der Waals surface area contributed by atoms with Crippen LogP contribution in [0.25, 0.3) is 0 Å². The minimum absolute atomic E-state index is 0.280. The molecule has 1 aliphatic rings. The molecular weight excluding hydrogens is 212 g/mol. The maximum absolute atomic E-state index is 8.81. The van der Waals surface area contributed by atoms with Crippen LogP contribution in [-0.2, 0) is 0 Å². The maximum Gasteiger partial charge on any atom is 0.127 e. The highest BCUT2D eigenvalue weighted by Crippen LogP contribution is 2.25. The number of anilines is 1. The molecule has 2 N–H and O–H groups in total. The Morgan fingerprint density at radius 3 is 3.24 bits per heavy atom. The van der Waals surface area contributed by atoms with Gasteiger partial charge in [0.25, 0.3) is 0 Å².